The third kappa shape index (κ3) is 3.96. The first-order valence-corrected chi connectivity index (χ1v) is 5.46. The van der Waals surface area contributed by atoms with E-state index in [1.165, 1.54) is 0 Å². The van der Waals surface area contributed by atoms with Gasteiger partial charge in [-0.2, -0.15) is 0 Å². The first kappa shape index (κ1) is 11.3. The summed E-state index contributed by atoms with van der Waals surface area (Å²) in [5.74, 6) is 0. The van der Waals surface area contributed by atoms with Gasteiger partial charge in [0.05, 0.1) is 0 Å². The standard InChI is InChI=1S/C10H21N3O/c1-9(2)12-10(14)13-7-3-5-11-6-4-8-13/h9,11H,3-8H2,1-2H3,(H,12,14). The Morgan fingerprint density at radius 3 is 2.36 bits per heavy atom. The third-order valence-electron chi connectivity index (χ3n) is 2.26. The Morgan fingerprint density at radius 1 is 1.29 bits per heavy atom. The van der Waals surface area contributed by atoms with Gasteiger partial charge in [0.25, 0.3) is 0 Å². The van der Waals surface area contributed by atoms with E-state index in [-0.39, 0.29) is 12.1 Å². The van der Waals surface area contributed by atoms with Crippen molar-refractivity contribution in [2.75, 3.05) is 26.2 Å². The second kappa shape index (κ2) is 5.86. The maximum atomic E-state index is 11.7. The fourth-order valence-electron chi connectivity index (χ4n) is 1.57. The molecule has 0 bridgehead atoms. The zero-order valence-corrected chi connectivity index (χ0v) is 9.18. The van der Waals surface area contributed by atoms with Crippen LogP contribution in [0.15, 0.2) is 0 Å². The molecule has 14 heavy (non-hydrogen) atoms. The van der Waals surface area contributed by atoms with Gasteiger partial charge in [0.1, 0.15) is 0 Å². The summed E-state index contributed by atoms with van der Waals surface area (Å²) in [6.07, 6.45) is 2.09. The van der Waals surface area contributed by atoms with Crippen molar-refractivity contribution < 1.29 is 4.79 Å². The van der Waals surface area contributed by atoms with Crippen molar-refractivity contribution in [3.8, 4) is 0 Å². The number of amides is 2. The highest BCUT2D eigenvalue weighted by atomic mass is 16.2. The second-order valence-electron chi connectivity index (χ2n) is 4.05. The predicted molar refractivity (Wildman–Crippen MR) is 57.3 cm³/mol. The van der Waals surface area contributed by atoms with E-state index in [2.05, 4.69) is 10.6 Å². The van der Waals surface area contributed by atoms with Gasteiger partial charge in [-0.3, -0.25) is 0 Å². The molecule has 0 atom stereocenters. The fraction of sp³-hybridized carbons (Fsp3) is 0.900. The normalized spacial score (nSPS) is 18.9. The van der Waals surface area contributed by atoms with Gasteiger partial charge >= 0.3 is 6.03 Å². The maximum Gasteiger partial charge on any atom is 0.317 e. The van der Waals surface area contributed by atoms with Crippen LogP contribution in [0.2, 0.25) is 0 Å². The molecule has 82 valence electrons. The molecule has 0 aliphatic carbocycles. The van der Waals surface area contributed by atoms with Gasteiger partial charge in [0.15, 0.2) is 0 Å². The van der Waals surface area contributed by atoms with Crippen molar-refractivity contribution in [1.82, 2.24) is 15.5 Å². The highest BCUT2D eigenvalue weighted by molar-refractivity contribution is 5.74. The van der Waals surface area contributed by atoms with Crippen LogP contribution in [0.1, 0.15) is 26.7 Å². The summed E-state index contributed by atoms with van der Waals surface area (Å²) in [6, 6.07) is 0.313. The summed E-state index contributed by atoms with van der Waals surface area (Å²) in [5, 5.41) is 6.26. The van der Waals surface area contributed by atoms with Gasteiger partial charge in [0.2, 0.25) is 0 Å². The summed E-state index contributed by atoms with van der Waals surface area (Å²) in [6.45, 7) is 7.75. The Balaban J connectivity index is 2.35. The molecule has 0 aromatic carbocycles. The molecule has 4 heteroatoms. The maximum absolute atomic E-state index is 11.7. The number of rotatable bonds is 1. The van der Waals surface area contributed by atoms with Gasteiger partial charge in [0, 0.05) is 19.1 Å². The minimum absolute atomic E-state index is 0.0851. The van der Waals surface area contributed by atoms with Gasteiger partial charge in [-0.05, 0) is 39.8 Å². The minimum Gasteiger partial charge on any atom is -0.336 e. The van der Waals surface area contributed by atoms with Crippen LogP contribution < -0.4 is 10.6 Å². The molecule has 4 nitrogen and oxygen atoms in total. The molecule has 1 aliphatic rings. The van der Waals surface area contributed by atoms with E-state index < -0.39 is 0 Å². The molecule has 2 amide bonds. The lowest BCUT2D eigenvalue weighted by Gasteiger charge is -2.26. The molecule has 2 N–H and O–H groups in total. The summed E-state index contributed by atoms with van der Waals surface area (Å²) in [5.41, 5.74) is 0. The smallest absolute Gasteiger partial charge is 0.317 e. The fourth-order valence-corrected chi connectivity index (χ4v) is 1.57. The molecule has 1 aliphatic heterocycles. The molecule has 1 rings (SSSR count). The highest BCUT2D eigenvalue weighted by Gasteiger charge is 2.14. The first-order valence-electron chi connectivity index (χ1n) is 5.46. The molecule has 0 spiro atoms. The van der Waals surface area contributed by atoms with Crippen LogP contribution in [-0.2, 0) is 0 Å². The molecule has 1 saturated heterocycles. The van der Waals surface area contributed by atoms with Crippen LogP contribution in [0, 0.1) is 0 Å². The Morgan fingerprint density at radius 2 is 1.86 bits per heavy atom. The monoisotopic (exact) mass is 199 g/mol. The number of carbonyl (C=O) groups excluding carboxylic acids is 1. The van der Waals surface area contributed by atoms with Crippen molar-refractivity contribution >= 4 is 6.03 Å². The number of hydrogen-bond acceptors (Lipinski definition) is 2. The lowest BCUT2D eigenvalue weighted by molar-refractivity contribution is 0.191. The topological polar surface area (TPSA) is 44.4 Å². The molecule has 0 saturated carbocycles. The van der Waals surface area contributed by atoms with E-state index in [1.807, 2.05) is 18.7 Å². The van der Waals surface area contributed by atoms with E-state index in [4.69, 9.17) is 0 Å². The number of hydrogen-bond donors (Lipinski definition) is 2. The van der Waals surface area contributed by atoms with Crippen LogP contribution in [-0.4, -0.2) is 43.2 Å². The first-order chi connectivity index (χ1) is 6.70. The number of nitrogens with zero attached hydrogens (tertiary/aromatic N) is 1. The van der Waals surface area contributed by atoms with E-state index in [9.17, 15) is 4.79 Å². The Bertz CT molecular complexity index is 174. The van der Waals surface area contributed by atoms with Crippen molar-refractivity contribution in [2.45, 2.75) is 32.7 Å². The number of urea groups is 1. The Hall–Kier alpha value is -0.770. The zero-order valence-electron chi connectivity index (χ0n) is 9.18. The summed E-state index contributed by atoms with van der Waals surface area (Å²) in [7, 11) is 0. The Kier molecular flexibility index (Phi) is 4.73. The molecular weight excluding hydrogens is 178 g/mol. The van der Waals surface area contributed by atoms with E-state index in [0.717, 1.165) is 39.0 Å². The summed E-state index contributed by atoms with van der Waals surface area (Å²) >= 11 is 0. The van der Waals surface area contributed by atoms with Crippen LogP contribution in [0.25, 0.3) is 0 Å². The minimum atomic E-state index is 0.0851. The molecular formula is C10H21N3O. The van der Waals surface area contributed by atoms with E-state index in [1.54, 1.807) is 0 Å². The Labute approximate surface area is 86.0 Å². The van der Waals surface area contributed by atoms with Crippen LogP contribution in [0.5, 0.6) is 0 Å². The van der Waals surface area contributed by atoms with E-state index >= 15 is 0 Å². The molecule has 0 aromatic rings. The van der Waals surface area contributed by atoms with Crippen molar-refractivity contribution in [3.63, 3.8) is 0 Å². The quantitative estimate of drug-likeness (QED) is 0.656. The van der Waals surface area contributed by atoms with E-state index in [0.29, 0.717) is 0 Å². The molecule has 1 fully saturated rings. The molecule has 0 aromatic heterocycles. The molecule has 1 heterocycles. The van der Waals surface area contributed by atoms with Crippen molar-refractivity contribution in [2.24, 2.45) is 0 Å². The van der Waals surface area contributed by atoms with Gasteiger partial charge in [-0.1, -0.05) is 0 Å². The number of nitrogens with one attached hydrogen (secondary N) is 2. The second-order valence-corrected chi connectivity index (χ2v) is 4.05. The van der Waals surface area contributed by atoms with Gasteiger partial charge in [-0.25, -0.2) is 4.79 Å². The third-order valence-corrected chi connectivity index (χ3v) is 2.26. The molecule has 0 radical (unpaired) electrons. The molecule has 0 unspecified atom stereocenters. The summed E-state index contributed by atoms with van der Waals surface area (Å²) in [4.78, 5) is 13.6. The SMILES string of the molecule is CC(C)NC(=O)N1CCCNCCC1. The van der Waals surface area contributed by atoms with Gasteiger partial charge < -0.3 is 15.5 Å². The van der Waals surface area contributed by atoms with Crippen molar-refractivity contribution in [1.29, 1.82) is 0 Å². The average Bonchev–Trinajstić information content (AvgIpc) is 2.00. The number of carbonyl (C=O) groups is 1. The lowest BCUT2D eigenvalue weighted by Crippen LogP contribution is -2.45. The van der Waals surface area contributed by atoms with Gasteiger partial charge in [-0.15, -0.1) is 0 Å². The zero-order chi connectivity index (χ0) is 10.4. The van der Waals surface area contributed by atoms with Crippen molar-refractivity contribution in [3.05, 3.63) is 0 Å². The largest absolute Gasteiger partial charge is 0.336 e. The summed E-state index contributed by atoms with van der Waals surface area (Å²) < 4.78 is 0. The van der Waals surface area contributed by atoms with Crippen LogP contribution in [0.4, 0.5) is 4.79 Å². The predicted octanol–water partition coefficient (Wildman–Crippen LogP) is 0.790. The van der Waals surface area contributed by atoms with Crippen LogP contribution >= 0.6 is 0 Å². The average molecular weight is 199 g/mol. The lowest BCUT2D eigenvalue weighted by atomic mass is 10.3. The van der Waals surface area contributed by atoms with Crippen LogP contribution in [0.3, 0.4) is 0 Å². The highest BCUT2D eigenvalue weighted by Crippen LogP contribution is 1.98.